The second-order valence-corrected chi connectivity index (χ2v) is 5.06. The lowest BCUT2D eigenvalue weighted by atomic mass is 10.2. The fourth-order valence-corrected chi connectivity index (χ4v) is 2.35. The second kappa shape index (κ2) is 6.93. The Balaban J connectivity index is 2.45. The molecule has 5 heteroatoms. The van der Waals surface area contributed by atoms with Crippen LogP contribution in [0.4, 0.5) is 0 Å². The van der Waals surface area contributed by atoms with Crippen LogP contribution in [0.2, 0.25) is 0 Å². The molecule has 5 nitrogen and oxygen atoms in total. The third-order valence-electron chi connectivity index (χ3n) is 3.11. The molecule has 1 rings (SSSR count). The molecule has 2 N–H and O–H groups in total. The summed E-state index contributed by atoms with van der Waals surface area (Å²) < 4.78 is 0. The van der Waals surface area contributed by atoms with Gasteiger partial charge in [0.1, 0.15) is 0 Å². The van der Waals surface area contributed by atoms with Crippen molar-refractivity contribution in [2.75, 3.05) is 40.8 Å². The number of carbonyl (C=O) groups is 1. The number of nitrogens with zero attached hydrogens (tertiary/aromatic N) is 2. The SMILES string of the molecule is CNCCCC(=O)N1CC(O)CC1CN(C)C. The topological polar surface area (TPSA) is 55.8 Å². The van der Waals surface area contributed by atoms with Gasteiger partial charge in [0.25, 0.3) is 0 Å². The van der Waals surface area contributed by atoms with E-state index >= 15 is 0 Å². The van der Waals surface area contributed by atoms with E-state index in [1.807, 2.05) is 26.0 Å². The van der Waals surface area contributed by atoms with Crippen LogP contribution in [0.25, 0.3) is 0 Å². The highest BCUT2D eigenvalue weighted by Gasteiger charge is 2.33. The molecule has 2 atom stereocenters. The van der Waals surface area contributed by atoms with Gasteiger partial charge < -0.3 is 20.2 Å². The van der Waals surface area contributed by atoms with Gasteiger partial charge >= 0.3 is 0 Å². The van der Waals surface area contributed by atoms with Gasteiger partial charge in [0.05, 0.1) is 6.10 Å². The number of hydrogen-bond donors (Lipinski definition) is 2. The van der Waals surface area contributed by atoms with Crippen LogP contribution in [0.5, 0.6) is 0 Å². The van der Waals surface area contributed by atoms with Crippen LogP contribution in [0.15, 0.2) is 0 Å². The van der Waals surface area contributed by atoms with E-state index < -0.39 is 0 Å². The minimum atomic E-state index is -0.354. The lowest BCUT2D eigenvalue weighted by molar-refractivity contribution is -0.132. The summed E-state index contributed by atoms with van der Waals surface area (Å²) >= 11 is 0. The van der Waals surface area contributed by atoms with Crippen molar-refractivity contribution in [2.24, 2.45) is 0 Å². The molecule has 0 aliphatic carbocycles. The first-order valence-corrected chi connectivity index (χ1v) is 6.31. The number of hydrogen-bond acceptors (Lipinski definition) is 4. The largest absolute Gasteiger partial charge is 0.391 e. The summed E-state index contributed by atoms with van der Waals surface area (Å²) in [7, 11) is 5.88. The molecule has 0 radical (unpaired) electrons. The van der Waals surface area contributed by atoms with Crippen molar-refractivity contribution in [2.45, 2.75) is 31.4 Å². The highest BCUT2D eigenvalue weighted by molar-refractivity contribution is 5.77. The smallest absolute Gasteiger partial charge is 0.223 e. The molecular weight excluding hydrogens is 218 g/mol. The molecule has 0 saturated carbocycles. The lowest BCUT2D eigenvalue weighted by Crippen LogP contribution is -2.41. The first kappa shape index (κ1) is 14.4. The number of amides is 1. The van der Waals surface area contributed by atoms with Gasteiger partial charge in [-0.1, -0.05) is 0 Å². The lowest BCUT2D eigenvalue weighted by Gasteiger charge is -2.26. The summed E-state index contributed by atoms with van der Waals surface area (Å²) in [5.74, 6) is 0.170. The van der Waals surface area contributed by atoms with E-state index in [-0.39, 0.29) is 18.1 Å². The average molecular weight is 243 g/mol. The summed E-state index contributed by atoms with van der Waals surface area (Å²) in [6.45, 7) is 2.19. The van der Waals surface area contributed by atoms with Crippen molar-refractivity contribution < 1.29 is 9.90 Å². The van der Waals surface area contributed by atoms with Crippen LogP contribution < -0.4 is 5.32 Å². The standard InChI is InChI=1S/C12H25N3O2/c1-13-6-4-5-12(17)15-9-11(16)7-10(15)8-14(2)3/h10-11,13,16H,4-9H2,1-3H3. The molecule has 0 bridgehead atoms. The molecule has 2 unspecified atom stereocenters. The van der Waals surface area contributed by atoms with E-state index in [0.717, 1.165) is 19.5 Å². The Bertz CT molecular complexity index is 246. The Labute approximate surface area is 104 Å². The fraction of sp³-hybridized carbons (Fsp3) is 0.917. The molecule has 0 spiro atoms. The van der Waals surface area contributed by atoms with E-state index in [1.54, 1.807) is 0 Å². The maximum atomic E-state index is 12.0. The summed E-state index contributed by atoms with van der Waals surface area (Å²) in [6, 6.07) is 0.169. The van der Waals surface area contributed by atoms with Crippen LogP contribution in [-0.2, 0) is 4.79 Å². The zero-order valence-electron chi connectivity index (χ0n) is 11.1. The molecular formula is C12H25N3O2. The van der Waals surface area contributed by atoms with Crippen LogP contribution in [0.3, 0.4) is 0 Å². The molecule has 1 amide bonds. The monoisotopic (exact) mass is 243 g/mol. The van der Waals surface area contributed by atoms with Gasteiger partial charge in [0, 0.05) is 25.6 Å². The van der Waals surface area contributed by atoms with Gasteiger partial charge in [0.15, 0.2) is 0 Å². The van der Waals surface area contributed by atoms with E-state index in [1.165, 1.54) is 0 Å². The van der Waals surface area contributed by atoms with E-state index in [0.29, 0.717) is 19.4 Å². The van der Waals surface area contributed by atoms with Crippen molar-refractivity contribution in [3.63, 3.8) is 0 Å². The third-order valence-corrected chi connectivity index (χ3v) is 3.11. The van der Waals surface area contributed by atoms with Crippen molar-refractivity contribution in [1.29, 1.82) is 0 Å². The zero-order chi connectivity index (χ0) is 12.8. The first-order chi connectivity index (χ1) is 8.04. The number of likely N-dealkylation sites (N-methyl/N-ethyl adjacent to an activating group) is 1. The molecule has 1 heterocycles. The highest BCUT2D eigenvalue weighted by atomic mass is 16.3. The molecule has 1 aliphatic rings. The Morgan fingerprint density at radius 1 is 1.53 bits per heavy atom. The third kappa shape index (κ3) is 4.61. The first-order valence-electron chi connectivity index (χ1n) is 6.31. The van der Waals surface area contributed by atoms with Crippen molar-refractivity contribution in [3.05, 3.63) is 0 Å². The number of aliphatic hydroxyl groups is 1. The van der Waals surface area contributed by atoms with Crippen LogP contribution in [0.1, 0.15) is 19.3 Å². The molecule has 1 saturated heterocycles. The number of β-amino-alcohol motifs (C(OH)–C–C–N with tert-alkyl or cyclic N) is 1. The van der Waals surface area contributed by atoms with Crippen LogP contribution in [-0.4, -0.2) is 73.7 Å². The fourth-order valence-electron chi connectivity index (χ4n) is 2.35. The normalized spacial score (nSPS) is 24.6. The van der Waals surface area contributed by atoms with E-state index in [9.17, 15) is 9.90 Å². The molecule has 1 aliphatic heterocycles. The molecule has 0 aromatic heterocycles. The van der Waals surface area contributed by atoms with Crippen LogP contribution >= 0.6 is 0 Å². The van der Waals surface area contributed by atoms with Crippen molar-refractivity contribution >= 4 is 5.91 Å². The van der Waals surface area contributed by atoms with Gasteiger partial charge in [-0.15, -0.1) is 0 Å². The number of rotatable bonds is 6. The van der Waals surface area contributed by atoms with Gasteiger partial charge in [0.2, 0.25) is 5.91 Å². The highest BCUT2D eigenvalue weighted by Crippen LogP contribution is 2.19. The van der Waals surface area contributed by atoms with Crippen molar-refractivity contribution in [3.8, 4) is 0 Å². The van der Waals surface area contributed by atoms with Gasteiger partial charge in [-0.05, 0) is 40.5 Å². The number of carbonyl (C=O) groups excluding carboxylic acids is 1. The Hall–Kier alpha value is -0.650. The van der Waals surface area contributed by atoms with E-state index in [4.69, 9.17) is 0 Å². The summed E-state index contributed by atoms with van der Waals surface area (Å²) in [4.78, 5) is 15.9. The van der Waals surface area contributed by atoms with Gasteiger partial charge in [-0.25, -0.2) is 0 Å². The van der Waals surface area contributed by atoms with Gasteiger partial charge in [-0.3, -0.25) is 4.79 Å². The molecule has 0 aromatic rings. The summed E-state index contributed by atoms with van der Waals surface area (Å²) in [6.07, 6.45) is 1.78. The van der Waals surface area contributed by atoms with Gasteiger partial charge in [-0.2, -0.15) is 0 Å². The van der Waals surface area contributed by atoms with Crippen molar-refractivity contribution in [1.82, 2.24) is 15.1 Å². The van der Waals surface area contributed by atoms with E-state index in [2.05, 4.69) is 10.2 Å². The maximum Gasteiger partial charge on any atom is 0.223 e. The Morgan fingerprint density at radius 3 is 2.82 bits per heavy atom. The molecule has 0 aromatic carbocycles. The Kier molecular flexibility index (Phi) is 5.88. The summed E-state index contributed by atoms with van der Waals surface area (Å²) in [5.41, 5.74) is 0. The summed E-state index contributed by atoms with van der Waals surface area (Å²) in [5, 5.41) is 12.7. The maximum absolute atomic E-state index is 12.0. The zero-order valence-corrected chi connectivity index (χ0v) is 11.1. The Morgan fingerprint density at radius 2 is 2.24 bits per heavy atom. The minimum absolute atomic E-state index is 0.169. The molecule has 1 fully saturated rings. The van der Waals surface area contributed by atoms with Crippen LogP contribution in [0, 0.1) is 0 Å². The predicted molar refractivity (Wildman–Crippen MR) is 67.8 cm³/mol. The molecule has 100 valence electrons. The number of likely N-dealkylation sites (tertiary alicyclic amines) is 1. The second-order valence-electron chi connectivity index (χ2n) is 5.06. The minimum Gasteiger partial charge on any atom is -0.391 e. The predicted octanol–water partition coefficient (Wildman–Crippen LogP) is -0.491. The number of aliphatic hydroxyl groups excluding tert-OH is 1. The average Bonchev–Trinajstić information content (AvgIpc) is 2.58. The quantitative estimate of drug-likeness (QED) is 0.618. The number of nitrogens with one attached hydrogen (secondary N) is 1. The molecule has 17 heavy (non-hydrogen) atoms.